The van der Waals surface area contributed by atoms with Crippen molar-refractivity contribution in [3.05, 3.63) is 52.3 Å². The van der Waals surface area contributed by atoms with Gasteiger partial charge in [-0.15, -0.1) is 0 Å². The van der Waals surface area contributed by atoms with Crippen molar-refractivity contribution in [2.75, 3.05) is 13.7 Å². The summed E-state index contributed by atoms with van der Waals surface area (Å²) in [4.78, 5) is 14.1. The molecule has 0 atom stereocenters. The first-order chi connectivity index (χ1) is 14.4. The maximum absolute atomic E-state index is 14.5. The number of unbranched alkanes of at least 4 members (excludes halogenated alkanes) is 1. The van der Waals surface area contributed by atoms with E-state index in [1.165, 1.54) is 6.07 Å². The molecule has 0 fully saturated rings. The van der Waals surface area contributed by atoms with Crippen molar-refractivity contribution in [3.8, 4) is 16.9 Å². The molecule has 2 aromatic rings. The van der Waals surface area contributed by atoms with Gasteiger partial charge in [0.25, 0.3) is 0 Å². The molecule has 2 aromatic carbocycles. The molecule has 1 aliphatic rings. The average molecular weight is 414 g/mol. The van der Waals surface area contributed by atoms with Gasteiger partial charge in [-0.3, -0.25) is 4.90 Å². The smallest absolute Gasteiger partial charge is 0.410 e. The van der Waals surface area contributed by atoms with E-state index in [0.717, 1.165) is 47.1 Å². The average Bonchev–Trinajstić information content (AvgIpc) is 3.15. The van der Waals surface area contributed by atoms with Gasteiger partial charge in [0.05, 0.1) is 13.7 Å². The molecule has 1 amide bonds. The van der Waals surface area contributed by atoms with Gasteiger partial charge in [-0.05, 0) is 58.7 Å². The molecule has 1 aliphatic heterocycles. The summed E-state index contributed by atoms with van der Waals surface area (Å²) in [6, 6.07) is 7.69. The van der Waals surface area contributed by atoms with Gasteiger partial charge >= 0.3 is 6.09 Å². The molecule has 0 spiro atoms. The van der Waals surface area contributed by atoms with Crippen LogP contribution in [-0.4, -0.2) is 24.7 Å². The fourth-order valence-corrected chi connectivity index (χ4v) is 3.96. The Kier molecular flexibility index (Phi) is 7.01. The summed E-state index contributed by atoms with van der Waals surface area (Å²) in [6.45, 7) is 9.69. The Hall–Kier alpha value is -2.56. The van der Waals surface area contributed by atoms with Crippen LogP contribution in [0.4, 0.5) is 9.18 Å². The van der Waals surface area contributed by atoms with Crippen molar-refractivity contribution in [1.82, 2.24) is 4.90 Å². The number of fused-ring (bicyclic) bond motifs is 1. The Morgan fingerprint density at radius 2 is 1.80 bits per heavy atom. The van der Waals surface area contributed by atoms with E-state index in [1.807, 2.05) is 19.9 Å². The van der Waals surface area contributed by atoms with Crippen LogP contribution in [-0.2, 0) is 24.2 Å². The molecule has 0 radical (unpaired) electrons. The van der Waals surface area contributed by atoms with Gasteiger partial charge in [-0.25, -0.2) is 9.18 Å². The summed E-state index contributed by atoms with van der Waals surface area (Å²) in [7, 11) is 1.57. The molecule has 0 unspecified atom stereocenters. The van der Waals surface area contributed by atoms with Gasteiger partial charge < -0.3 is 9.47 Å². The summed E-state index contributed by atoms with van der Waals surface area (Å²) >= 11 is 0. The van der Waals surface area contributed by atoms with Crippen molar-refractivity contribution < 1.29 is 18.7 Å². The number of amides is 1. The zero-order valence-corrected chi connectivity index (χ0v) is 18.7. The third-order valence-electron chi connectivity index (χ3n) is 5.74. The number of ether oxygens (including phenoxy) is 2. The van der Waals surface area contributed by atoms with Crippen LogP contribution in [0.25, 0.3) is 11.1 Å². The molecule has 0 saturated carbocycles. The fraction of sp³-hybridized carbons (Fsp3) is 0.480. The number of benzene rings is 2. The van der Waals surface area contributed by atoms with Crippen LogP contribution >= 0.6 is 0 Å². The highest BCUT2D eigenvalue weighted by Gasteiger charge is 2.27. The molecule has 30 heavy (non-hydrogen) atoms. The van der Waals surface area contributed by atoms with Crippen molar-refractivity contribution in [2.45, 2.75) is 66.0 Å². The van der Waals surface area contributed by atoms with E-state index in [2.05, 4.69) is 26.0 Å². The lowest BCUT2D eigenvalue weighted by atomic mass is 9.90. The van der Waals surface area contributed by atoms with Crippen LogP contribution in [0.15, 0.2) is 24.3 Å². The molecule has 0 aliphatic carbocycles. The highest BCUT2D eigenvalue weighted by molar-refractivity contribution is 5.77. The number of halogens is 1. The molecule has 3 rings (SSSR count). The second-order valence-electron chi connectivity index (χ2n) is 8.18. The zero-order chi connectivity index (χ0) is 21.8. The standard InChI is InChI=1S/C25H32FNO3/c1-6-8-9-30-25(28)27-14-18-10-17(7-2)21(11-19(18)15-27)22-12-20(16(3)4)23(26)13-24(22)29-5/h10-13,16H,6-9,14-15H2,1-5H3. The summed E-state index contributed by atoms with van der Waals surface area (Å²) < 4.78 is 25.4. The van der Waals surface area contributed by atoms with Gasteiger partial charge in [-0.1, -0.05) is 40.2 Å². The van der Waals surface area contributed by atoms with Crippen molar-refractivity contribution in [2.24, 2.45) is 0 Å². The molecule has 1 heterocycles. The quantitative estimate of drug-likeness (QED) is 0.490. The lowest BCUT2D eigenvalue weighted by Gasteiger charge is -2.17. The lowest BCUT2D eigenvalue weighted by molar-refractivity contribution is 0.100. The second-order valence-corrected chi connectivity index (χ2v) is 8.18. The molecule has 0 bridgehead atoms. The minimum absolute atomic E-state index is 0.0718. The van der Waals surface area contributed by atoms with Crippen molar-refractivity contribution in [3.63, 3.8) is 0 Å². The summed E-state index contributed by atoms with van der Waals surface area (Å²) in [6.07, 6.45) is 2.44. The van der Waals surface area contributed by atoms with Crippen LogP contribution < -0.4 is 4.74 Å². The predicted molar refractivity (Wildman–Crippen MR) is 117 cm³/mol. The maximum Gasteiger partial charge on any atom is 0.410 e. The lowest BCUT2D eigenvalue weighted by Crippen LogP contribution is -2.26. The first-order valence-corrected chi connectivity index (χ1v) is 10.8. The minimum atomic E-state index is -0.263. The topological polar surface area (TPSA) is 38.8 Å². The number of carbonyl (C=O) groups excluding carboxylic acids is 1. The first kappa shape index (κ1) is 22.1. The van der Waals surface area contributed by atoms with E-state index < -0.39 is 0 Å². The summed E-state index contributed by atoms with van der Waals surface area (Å²) in [5, 5.41) is 0. The Labute approximate surface area is 179 Å². The Bertz CT molecular complexity index is 923. The number of hydrogen-bond acceptors (Lipinski definition) is 3. The van der Waals surface area contributed by atoms with Crippen LogP contribution in [0, 0.1) is 5.82 Å². The van der Waals surface area contributed by atoms with E-state index in [4.69, 9.17) is 9.47 Å². The number of carbonyl (C=O) groups is 1. The summed E-state index contributed by atoms with van der Waals surface area (Å²) in [5.74, 6) is 0.355. The van der Waals surface area contributed by atoms with E-state index in [1.54, 1.807) is 12.0 Å². The van der Waals surface area contributed by atoms with Crippen molar-refractivity contribution >= 4 is 6.09 Å². The largest absolute Gasteiger partial charge is 0.496 e. The van der Waals surface area contributed by atoms with Crippen LogP contribution in [0.5, 0.6) is 5.75 Å². The monoisotopic (exact) mass is 413 g/mol. The van der Waals surface area contributed by atoms with Crippen LogP contribution in [0.3, 0.4) is 0 Å². The molecule has 0 N–H and O–H groups in total. The Morgan fingerprint density at radius 3 is 2.40 bits per heavy atom. The molecule has 162 valence electrons. The van der Waals surface area contributed by atoms with Gasteiger partial charge in [0.2, 0.25) is 0 Å². The highest BCUT2D eigenvalue weighted by atomic mass is 19.1. The van der Waals surface area contributed by atoms with E-state index >= 15 is 0 Å². The zero-order valence-electron chi connectivity index (χ0n) is 18.7. The summed E-state index contributed by atoms with van der Waals surface area (Å²) in [5.41, 5.74) is 6.02. The highest BCUT2D eigenvalue weighted by Crippen LogP contribution is 2.39. The third-order valence-corrected chi connectivity index (χ3v) is 5.74. The molecular weight excluding hydrogens is 381 g/mol. The number of nitrogens with zero attached hydrogens (tertiary/aromatic N) is 1. The molecular formula is C25H32FNO3. The second kappa shape index (κ2) is 9.50. The molecule has 4 nitrogen and oxygen atoms in total. The first-order valence-electron chi connectivity index (χ1n) is 10.8. The Morgan fingerprint density at radius 1 is 1.10 bits per heavy atom. The molecule has 0 aromatic heterocycles. The van der Waals surface area contributed by atoms with Crippen LogP contribution in [0.2, 0.25) is 0 Å². The van der Waals surface area contributed by atoms with Gasteiger partial charge in [-0.2, -0.15) is 0 Å². The normalized spacial score (nSPS) is 13.0. The predicted octanol–water partition coefficient (Wildman–Crippen LogP) is 6.44. The number of rotatable bonds is 7. The van der Waals surface area contributed by atoms with Crippen molar-refractivity contribution in [1.29, 1.82) is 0 Å². The SMILES string of the molecule is CCCCOC(=O)N1Cc2cc(CC)c(-c3cc(C(C)C)c(F)cc3OC)cc2C1. The van der Waals surface area contributed by atoms with E-state index in [9.17, 15) is 9.18 Å². The number of hydrogen-bond donors (Lipinski definition) is 0. The molecule has 5 heteroatoms. The number of aryl methyl sites for hydroxylation is 1. The van der Waals surface area contributed by atoms with Gasteiger partial charge in [0.1, 0.15) is 11.6 Å². The third kappa shape index (κ3) is 4.45. The van der Waals surface area contributed by atoms with Crippen LogP contribution in [0.1, 0.15) is 68.7 Å². The molecule has 0 saturated heterocycles. The maximum atomic E-state index is 14.5. The fourth-order valence-electron chi connectivity index (χ4n) is 3.96. The van der Waals surface area contributed by atoms with Gasteiger partial charge in [0.15, 0.2) is 0 Å². The van der Waals surface area contributed by atoms with E-state index in [0.29, 0.717) is 31.0 Å². The Balaban J connectivity index is 1.97. The minimum Gasteiger partial charge on any atom is -0.496 e. The number of methoxy groups -OCH3 is 1. The van der Waals surface area contributed by atoms with E-state index in [-0.39, 0.29) is 17.8 Å². The van der Waals surface area contributed by atoms with Gasteiger partial charge in [0, 0.05) is 24.7 Å².